The molecule has 0 fully saturated rings. The molecule has 2 aromatic carbocycles. The molecule has 6 nitrogen and oxygen atoms in total. The van der Waals surface area contributed by atoms with Crippen LogP contribution < -0.4 is 9.47 Å². The summed E-state index contributed by atoms with van der Waals surface area (Å²) in [6, 6.07) is 12.0. The lowest BCUT2D eigenvalue weighted by Crippen LogP contribution is -2.02. The minimum Gasteiger partial charge on any atom is -0.490 e. The minimum absolute atomic E-state index is 0.115. The number of aromatic nitrogens is 3. The molecule has 1 heterocycles. The number of aromatic amines is 1. The van der Waals surface area contributed by atoms with Crippen molar-refractivity contribution < 1.29 is 13.9 Å². The van der Waals surface area contributed by atoms with E-state index in [1.165, 1.54) is 6.07 Å². The van der Waals surface area contributed by atoms with Gasteiger partial charge in [-0.2, -0.15) is 14.9 Å². The van der Waals surface area contributed by atoms with E-state index >= 15 is 0 Å². The van der Waals surface area contributed by atoms with Gasteiger partial charge in [0.25, 0.3) is 0 Å². The number of hydrogen-bond acceptors (Lipinski definition) is 5. The van der Waals surface area contributed by atoms with Gasteiger partial charge in [0.15, 0.2) is 17.3 Å². The molecule has 0 aliphatic carbocycles. The maximum Gasteiger partial charge on any atom is 0.216 e. The van der Waals surface area contributed by atoms with Crippen LogP contribution >= 0.6 is 12.2 Å². The molecule has 146 valence electrons. The zero-order valence-electron chi connectivity index (χ0n) is 15.7. The second kappa shape index (κ2) is 9.27. The highest BCUT2D eigenvalue weighted by Gasteiger charge is 2.09. The van der Waals surface area contributed by atoms with Crippen LogP contribution in [0.25, 0.3) is 0 Å². The number of nitrogens with zero attached hydrogens (tertiary/aromatic N) is 3. The number of hydrogen-bond donors (Lipinski definition) is 1. The van der Waals surface area contributed by atoms with Crippen molar-refractivity contribution in [2.24, 2.45) is 5.10 Å². The molecule has 0 aliphatic rings. The van der Waals surface area contributed by atoms with Gasteiger partial charge < -0.3 is 9.47 Å². The molecule has 3 rings (SSSR count). The molecular formula is C20H21FN4O2S. The van der Waals surface area contributed by atoms with Gasteiger partial charge >= 0.3 is 0 Å². The highest BCUT2D eigenvalue weighted by Crippen LogP contribution is 2.29. The van der Waals surface area contributed by atoms with Gasteiger partial charge in [-0.3, -0.25) is 5.10 Å². The summed E-state index contributed by atoms with van der Waals surface area (Å²) in [6.45, 7) is 4.46. The first-order chi connectivity index (χ1) is 13.6. The predicted molar refractivity (Wildman–Crippen MR) is 108 cm³/mol. The summed E-state index contributed by atoms with van der Waals surface area (Å²) in [6.07, 6.45) is 2.38. The van der Waals surface area contributed by atoms with E-state index in [2.05, 4.69) is 15.3 Å². The van der Waals surface area contributed by atoms with E-state index in [0.29, 0.717) is 34.9 Å². The Morgan fingerprint density at radius 3 is 2.75 bits per heavy atom. The third-order valence-corrected chi connectivity index (χ3v) is 4.23. The third kappa shape index (κ3) is 4.64. The summed E-state index contributed by atoms with van der Waals surface area (Å²) in [4.78, 5) is 0. The topological polar surface area (TPSA) is 64.4 Å². The highest BCUT2D eigenvalue weighted by atomic mass is 32.1. The molecule has 0 amide bonds. The van der Waals surface area contributed by atoms with Crippen LogP contribution in [0, 0.1) is 10.6 Å². The summed E-state index contributed by atoms with van der Waals surface area (Å²) in [7, 11) is 0. The van der Waals surface area contributed by atoms with Gasteiger partial charge in [0.1, 0.15) is 12.4 Å². The normalized spacial score (nSPS) is 11.1. The monoisotopic (exact) mass is 400 g/mol. The first-order valence-corrected chi connectivity index (χ1v) is 9.36. The second-order valence-electron chi connectivity index (χ2n) is 5.87. The lowest BCUT2D eigenvalue weighted by molar-refractivity contribution is 0.266. The summed E-state index contributed by atoms with van der Waals surface area (Å²) in [5, 5.41) is 11.2. The largest absolute Gasteiger partial charge is 0.490 e. The lowest BCUT2D eigenvalue weighted by atomic mass is 10.2. The molecule has 0 spiro atoms. The van der Waals surface area contributed by atoms with Gasteiger partial charge in [-0.05, 0) is 49.0 Å². The average molecular weight is 400 g/mol. The Morgan fingerprint density at radius 2 is 2.00 bits per heavy atom. The molecule has 0 bridgehead atoms. The van der Waals surface area contributed by atoms with Crippen molar-refractivity contribution in [2.45, 2.75) is 26.9 Å². The molecule has 0 radical (unpaired) electrons. The first-order valence-electron chi connectivity index (χ1n) is 8.96. The van der Waals surface area contributed by atoms with Crippen LogP contribution in [0.5, 0.6) is 11.5 Å². The molecule has 8 heteroatoms. The van der Waals surface area contributed by atoms with Crippen molar-refractivity contribution in [1.29, 1.82) is 0 Å². The van der Waals surface area contributed by atoms with Crippen LogP contribution in [0.4, 0.5) is 4.39 Å². The molecule has 1 aromatic heterocycles. The van der Waals surface area contributed by atoms with Crippen molar-refractivity contribution in [1.82, 2.24) is 14.9 Å². The average Bonchev–Trinajstić information content (AvgIpc) is 3.06. The quantitative estimate of drug-likeness (QED) is 0.447. The Hall–Kier alpha value is -3.00. The fraction of sp³-hybridized carbons (Fsp3) is 0.250. The number of ether oxygens (including phenoxy) is 2. The molecular weight excluding hydrogens is 379 g/mol. The standard InChI is InChI=1S/C20H21FN4O2S/c1-3-19-23-24-20(28)25(19)22-12-14-9-10-17(18(11-14)26-4-2)27-13-15-7-5-6-8-16(15)21/h5-12H,3-4,13H2,1-2H3,(H,24,28)/b22-12-. The molecule has 0 saturated carbocycles. The molecule has 0 atom stereocenters. The van der Waals surface area contributed by atoms with Crippen molar-refractivity contribution >= 4 is 18.4 Å². The number of rotatable bonds is 8. The predicted octanol–water partition coefficient (Wildman–Crippen LogP) is 4.50. The van der Waals surface area contributed by atoms with Gasteiger partial charge in [-0.15, -0.1) is 0 Å². The van der Waals surface area contributed by atoms with E-state index in [4.69, 9.17) is 21.7 Å². The summed E-state index contributed by atoms with van der Waals surface area (Å²) < 4.78 is 27.2. The SMILES string of the molecule is CCOc1cc(/C=N\n2c(CC)n[nH]c2=S)ccc1OCc1ccccc1F. The van der Waals surface area contributed by atoms with Crippen LogP contribution in [0.3, 0.4) is 0 Å². The van der Waals surface area contributed by atoms with E-state index in [1.54, 1.807) is 35.2 Å². The Morgan fingerprint density at radius 1 is 1.18 bits per heavy atom. The van der Waals surface area contributed by atoms with Crippen molar-refractivity contribution in [3.8, 4) is 11.5 Å². The Balaban J connectivity index is 1.80. The molecule has 0 unspecified atom stereocenters. The van der Waals surface area contributed by atoms with Crippen molar-refractivity contribution in [3.05, 3.63) is 70.0 Å². The van der Waals surface area contributed by atoms with Gasteiger partial charge in [-0.1, -0.05) is 25.1 Å². The van der Waals surface area contributed by atoms with E-state index in [9.17, 15) is 4.39 Å². The fourth-order valence-corrected chi connectivity index (χ4v) is 2.76. The van der Waals surface area contributed by atoms with Crippen molar-refractivity contribution in [2.75, 3.05) is 6.61 Å². The zero-order valence-corrected chi connectivity index (χ0v) is 16.5. The minimum atomic E-state index is -0.298. The summed E-state index contributed by atoms with van der Waals surface area (Å²) in [5.41, 5.74) is 1.30. The van der Waals surface area contributed by atoms with Crippen LogP contribution in [-0.4, -0.2) is 27.7 Å². The zero-order chi connectivity index (χ0) is 19.9. The van der Waals surface area contributed by atoms with Crippen LogP contribution in [0.1, 0.15) is 30.8 Å². The van der Waals surface area contributed by atoms with Gasteiger partial charge in [0.2, 0.25) is 4.77 Å². The number of nitrogens with one attached hydrogen (secondary N) is 1. The molecule has 0 saturated heterocycles. The maximum absolute atomic E-state index is 13.8. The van der Waals surface area contributed by atoms with E-state index in [0.717, 1.165) is 11.4 Å². The molecule has 28 heavy (non-hydrogen) atoms. The van der Waals surface area contributed by atoms with Crippen LogP contribution in [0.15, 0.2) is 47.6 Å². The number of aryl methyl sites for hydroxylation is 1. The Labute approximate surface area is 167 Å². The summed E-state index contributed by atoms with van der Waals surface area (Å²) >= 11 is 5.19. The fourth-order valence-electron chi connectivity index (χ4n) is 2.56. The van der Waals surface area contributed by atoms with E-state index < -0.39 is 0 Å². The third-order valence-electron chi connectivity index (χ3n) is 3.96. The van der Waals surface area contributed by atoms with Gasteiger partial charge in [0, 0.05) is 12.0 Å². The molecule has 1 N–H and O–H groups in total. The first kappa shape index (κ1) is 19.8. The lowest BCUT2D eigenvalue weighted by Gasteiger charge is -2.13. The second-order valence-corrected chi connectivity index (χ2v) is 6.26. The van der Waals surface area contributed by atoms with Crippen LogP contribution in [0.2, 0.25) is 0 Å². The van der Waals surface area contributed by atoms with Gasteiger partial charge in [-0.25, -0.2) is 4.39 Å². The molecule has 0 aliphatic heterocycles. The number of halogens is 1. The van der Waals surface area contributed by atoms with E-state index in [1.807, 2.05) is 26.0 Å². The Bertz CT molecular complexity index is 1030. The van der Waals surface area contributed by atoms with E-state index in [-0.39, 0.29) is 12.4 Å². The number of benzene rings is 2. The maximum atomic E-state index is 13.8. The number of H-pyrrole nitrogens is 1. The van der Waals surface area contributed by atoms with Crippen molar-refractivity contribution in [3.63, 3.8) is 0 Å². The van der Waals surface area contributed by atoms with Gasteiger partial charge in [0.05, 0.1) is 12.8 Å². The van der Waals surface area contributed by atoms with Crippen LogP contribution in [-0.2, 0) is 13.0 Å². The Kier molecular flexibility index (Phi) is 6.54. The summed E-state index contributed by atoms with van der Waals surface area (Å²) in [5.74, 6) is 1.55. The molecule has 3 aromatic rings. The smallest absolute Gasteiger partial charge is 0.216 e. The highest BCUT2D eigenvalue weighted by molar-refractivity contribution is 7.71.